The fourth-order valence-corrected chi connectivity index (χ4v) is 7.23. The van der Waals surface area contributed by atoms with E-state index in [2.05, 4.69) is 5.32 Å². The molecule has 10 nitrogen and oxygen atoms in total. The third-order valence-electron chi connectivity index (χ3n) is 7.84. The Kier molecular flexibility index (Phi) is 11.6. The summed E-state index contributed by atoms with van der Waals surface area (Å²) in [4.78, 5) is 13.0. The lowest BCUT2D eigenvalue weighted by molar-refractivity contribution is -0.151. The lowest BCUT2D eigenvalue weighted by atomic mass is 9.87. The number of fused-ring (bicyclic) bond motifs is 1. The molecular weight excluding hydrogens is 560 g/mol. The smallest absolute Gasteiger partial charge is 0.407 e. The van der Waals surface area contributed by atoms with Gasteiger partial charge >= 0.3 is 6.09 Å². The van der Waals surface area contributed by atoms with E-state index in [4.69, 9.17) is 18.9 Å². The molecule has 2 aromatic rings. The number of aliphatic hydroxyl groups excluding tert-OH is 1. The van der Waals surface area contributed by atoms with E-state index < -0.39 is 28.3 Å². The Hall–Kier alpha value is -2.70. The van der Waals surface area contributed by atoms with E-state index in [0.717, 1.165) is 18.4 Å². The zero-order valence-corrected chi connectivity index (χ0v) is 25.5. The van der Waals surface area contributed by atoms with Gasteiger partial charge in [0.25, 0.3) is 0 Å². The molecule has 0 unspecified atom stereocenters. The minimum Gasteiger partial charge on any atom is -0.497 e. The van der Waals surface area contributed by atoms with Crippen LogP contribution in [-0.2, 0) is 30.7 Å². The average molecular weight is 605 g/mol. The van der Waals surface area contributed by atoms with Gasteiger partial charge in [-0.2, -0.15) is 4.31 Å². The first-order valence-corrected chi connectivity index (χ1v) is 16.1. The van der Waals surface area contributed by atoms with Gasteiger partial charge in [0.1, 0.15) is 5.75 Å². The molecule has 42 heavy (non-hydrogen) atoms. The average Bonchev–Trinajstić information content (AvgIpc) is 3.39. The second-order valence-corrected chi connectivity index (χ2v) is 13.4. The van der Waals surface area contributed by atoms with Gasteiger partial charge in [0.05, 0.1) is 37.4 Å². The molecule has 2 aliphatic heterocycles. The van der Waals surface area contributed by atoms with Gasteiger partial charge in [-0.25, -0.2) is 13.2 Å². The number of hydrogen-bond acceptors (Lipinski definition) is 8. The van der Waals surface area contributed by atoms with Gasteiger partial charge < -0.3 is 29.4 Å². The molecule has 2 aliphatic rings. The molecule has 0 radical (unpaired) electrons. The highest BCUT2D eigenvalue weighted by Gasteiger charge is 2.39. The molecule has 4 rings (SSSR count). The summed E-state index contributed by atoms with van der Waals surface area (Å²) in [6.45, 7) is 5.34. The topological polar surface area (TPSA) is 124 Å². The number of nitrogens with one attached hydrogen (secondary N) is 1. The third-order valence-corrected chi connectivity index (χ3v) is 9.68. The number of methoxy groups -OCH3 is 1. The number of carbonyl (C=O) groups is 1. The number of aliphatic hydroxyl groups is 1. The van der Waals surface area contributed by atoms with Gasteiger partial charge in [0.2, 0.25) is 10.0 Å². The number of alkyl carbamates (subject to hydrolysis) is 1. The Bertz CT molecular complexity index is 1230. The van der Waals surface area contributed by atoms with Gasteiger partial charge in [0, 0.05) is 25.6 Å². The second kappa shape index (κ2) is 15.2. The zero-order valence-electron chi connectivity index (χ0n) is 24.7. The molecule has 5 atom stereocenters. The van der Waals surface area contributed by atoms with E-state index >= 15 is 0 Å². The minimum absolute atomic E-state index is 0.00412. The van der Waals surface area contributed by atoms with E-state index in [1.165, 1.54) is 23.5 Å². The van der Waals surface area contributed by atoms with Crippen molar-refractivity contribution in [1.82, 2.24) is 9.62 Å². The van der Waals surface area contributed by atoms with Crippen molar-refractivity contribution < 1.29 is 37.3 Å². The Morgan fingerprint density at radius 1 is 1.10 bits per heavy atom. The molecule has 2 heterocycles. The summed E-state index contributed by atoms with van der Waals surface area (Å²) in [5, 5.41) is 14.2. The maximum atomic E-state index is 13.6. The number of sulfonamides is 1. The summed E-state index contributed by atoms with van der Waals surface area (Å²) in [6.07, 6.45) is 0.985. The number of rotatable bonds is 14. The minimum atomic E-state index is -3.93. The maximum absolute atomic E-state index is 13.6. The van der Waals surface area contributed by atoms with Crippen LogP contribution in [0, 0.1) is 17.8 Å². The van der Waals surface area contributed by atoms with Crippen LogP contribution in [0.15, 0.2) is 59.5 Å². The quantitative estimate of drug-likeness (QED) is 0.334. The van der Waals surface area contributed by atoms with Crippen LogP contribution in [0.4, 0.5) is 4.79 Å². The van der Waals surface area contributed by atoms with Gasteiger partial charge in [-0.1, -0.05) is 44.2 Å². The van der Waals surface area contributed by atoms with E-state index in [0.29, 0.717) is 37.7 Å². The summed E-state index contributed by atoms with van der Waals surface area (Å²) < 4.78 is 50.6. The Balaban J connectivity index is 1.42. The lowest BCUT2D eigenvalue weighted by Crippen LogP contribution is -2.51. The molecule has 2 N–H and O–H groups in total. The SMILES string of the molecule is COc1ccc(S(=O)(=O)N(CC(C)C)C[C@@H](O)[C@H](Cc2ccccc2)NC(=O)OCC[C@@H]2CO[C@@H]3OCCC[C@H]23)cc1. The second-order valence-electron chi connectivity index (χ2n) is 11.5. The number of benzene rings is 2. The summed E-state index contributed by atoms with van der Waals surface area (Å²) in [5.41, 5.74) is 0.890. The van der Waals surface area contributed by atoms with Crippen LogP contribution in [0.2, 0.25) is 0 Å². The van der Waals surface area contributed by atoms with Crippen molar-refractivity contribution in [2.75, 3.05) is 40.0 Å². The first-order chi connectivity index (χ1) is 20.2. The van der Waals surface area contributed by atoms with Crippen LogP contribution in [0.3, 0.4) is 0 Å². The predicted octanol–water partition coefficient (Wildman–Crippen LogP) is 3.83. The maximum Gasteiger partial charge on any atom is 0.407 e. The van der Waals surface area contributed by atoms with Crippen LogP contribution < -0.4 is 10.1 Å². The first kappa shape index (κ1) is 32.2. The zero-order chi connectivity index (χ0) is 30.1. The summed E-state index contributed by atoms with van der Waals surface area (Å²) in [6, 6.07) is 14.8. The standard InChI is InChI=1S/C31H44N2O8S/c1-22(2)19-33(42(36,37)26-13-11-25(38-3)12-14-26)20-29(34)28(18-23-8-5-4-6-9-23)32-31(35)40-17-15-24-21-41-30-27(24)10-7-16-39-30/h4-6,8-9,11-14,22,24,27-30,34H,7,10,15-21H2,1-3H3,(H,32,35)/t24-,27-,28+,29-,30+/m1/s1. The van der Waals surface area contributed by atoms with Gasteiger partial charge in [0.15, 0.2) is 6.29 Å². The molecule has 0 spiro atoms. The number of hydrogen-bond donors (Lipinski definition) is 2. The monoisotopic (exact) mass is 604 g/mol. The highest BCUT2D eigenvalue weighted by Crippen LogP contribution is 2.36. The first-order valence-electron chi connectivity index (χ1n) is 14.7. The fraction of sp³-hybridized carbons (Fsp3) is 0.581. The van der Waals surface area contributed by atoms with Gasteiger partial charge in [-0.3, -0.25) is 0 Å². The molecule has 0 saturated carbocycles. The van der Waals surface area contributed by atoms with Crippen LogP contribution in [0.1, 0.15) is 38.7 Å². The summed E-state index contributed by atoms with van der Waals surface area (Å²) >= 11 is 0. The number of carbonyl (C=O) groups excluding carboxylic acids is 1. The van der Waals surface area contributed by atoms with Gasteiger partial charge in [-0.15, -0.1) is 0 Å². The highest BCUT2D eigenvalue weighted by atomic mass is 32.2. The van der Waals surface area contributed by atoms with Crippen molar-refractivity contribution in [2.45, 2.75) is 62.9 Å². The highest BCUT2D eigenvalue weighted by molar-refractivity contribution is 7.89. The normalized spacial score (nSPS) is 22.0. The van der Waals surface area contributed by atoms with Crippen molar-refractivity contribution in [2.24, 2.45) is 17.8 Å². The van der Waals surface area contributed by atoms with Crippen molar-refractivity contribution >= 4 is 16.1 Å². The number of nitrogens with zero attached hydrogens (tertiary/aromatic N) is 1. The Morgan fingerprint density at radius 3 is 2.52 bits per heavy atom. The molecule has 232 valence electrons. The fourth-order valence-electron chi connectivity index (χ4n) is 5.61. The lowest BCUT2D eigenvalue weighted by Gasteiger charge is -2.30. The number of amides is 1. The molecule has 0 bridgehead atoms. The van der Waals surface area contributed by atoms with Crippen LogP contribution >= 0.6 is 0 Å². The van der Waals surface area contributed by atoms with Crippen LogP contribution in [-0.4, -0.2) is 82.4 Å². The number of ether oxygens (including phenoxy) is 4. The van der Waals surface area contributed by atoms with Crippen LogP contribution in [0.5, 0.6) is 5.75 Å². The Labute approximate surface area is 249 Å². The molecule has 2 saturated heterocycles. The Morgan fingerprint density at radius 2 is 1.83 bits per heavy atom. The van der Waals surface area contributed by atoms with Gasteiger partial charge in [-0.05, 0) is 67.3 Å². The van der Waals surface area contributed by atoms with E-state index in [-0.39, 0.29) is 42.7 Å². The molecular formula is C31H44N2O8S. The van der Waals surface area contributed by atoms with E-state index in [1.54, 1.807) is 12.1 Å². The van der Waals surface area contributed by atoms with Crippen molar-refractivity contribution in [3.05, 3.63) is 60.2 Å². The van der Waals surface area contributed by atoms with Crippen molar-refractivity contribution in [1.29, 1.82) is 0 Å². The van der Waals surface area contributed by atoms with Crippen LogP contribution in [0.25, 0.3) is 0 Å². The molecule has 2 aromatic carbocycles. The molecule has 2 fully saturated rings. The van der Waals surface area contributed by atoms with E-state index in [1.807, 2.05) is 44.2 Å². The molecule has 1 amide bonds. The molecule has 0 aromatic heterocycles. The molecule has 11 heteroatoms. The summed E-state index contributed by atoms with van der Waals surface area (Å²) in [7, 11) is -2.42. The van der Waals surface area contributed by atoms with E-state index in [9.17, 15) is 18.3 Å². The molecule has 0 aliphatic carbocycles. The largest absolute Gasteiger partial charge is 0.497 e. The van der Waals surface area contributed by atoms with Crippen molar-refractivity contribution in [3.8, 4) is 5.75 Å². The third kappa shape index (κ3) is 8.67. The summed E-state index contributed by atoms with van der Waals surface area (Å²) in [5.74, 6) is 1.13. The van der Waals surface area contributed by atoms with Crippen molar-refractivity contribution in [3.63, 3.8) is 0 Å². The predicted molar refractivity (Wildman–Crippen MR) is 158 cm³/mol.